The average Bonchev–Trinajstić information content (AvgIpc) is 2.83. The summed E-state index contributed by atoms with van der Waals surface area (Å²) in [7, 11) is 0. The quantitative estimate of drug-likeness (QED) is 0.784. The molecule has 0 radical (unpaired) electrons. The smallest absolute Gasteiger partial charge is 0.228 e. The molecule has 2 aliphatic rings. The molecule has 5 heteroatoms. The molecule has 0 spiro atoms. The van der Waals surface area contributed by atoms with E-state index in [1.807, 2.05) is 4.90 Å². The van der Waals surface area contributed by atoms with E-state index in [1.54, 1.807) is 0 Å². The number of nitrogens with zero attached hydrogens (tertiary/aromatic N) is 1. The van der Waals surface area contributed by atoms with Crippen molar-refractivity contribution < 1.29 is 9.59 Å². The lowest BCUT2D eigenvalue weighted by Crippen LogP contribution is -2.47. The van der Waals surface area contributed by atoms with Gasteiger partial charge in [-0.05, 0) is 32.1 Å². The zero-order valence-electron chi connectivity index (χ0n) is 11.7. The number of hydrogen-bond acceptors (Lipinski definition) is 3. The van der Waals surface area contributed by atoms with Crippen LogP contribution in [0.1, 0.15) is 45.4 Å². The third-order valence-corrected chi connectivity index (χ3v) is 4.26. The molecule has 2 amide bonds. The van der Waals surface area contributed by atoms with Gasteiger partial charge >= 0.3 is 0 Å². The maximum absolute atomic E-state index is 12.6. The summed E-state index contributed by atoms with van der Waals surface area (Å²) in [4.78, 5) is 25.8. The number of carbonyl (C=O) groups excluding carboxylic acids is 2. The molecule has 2 fully saturated rings. The highest BCUT2D eigenvalue weighted by atomic mass is 16.2. The Morgan fingerprint density at radius 1 is 1.37 bits per heavy atom. The van der Waals surface area contributed by atoms with Gasteiger partial charge in [-0.15, -0.1) is 0 Å². The molecular weight excluding hydrogens is 242 g/mol. The number of hydrogen-bond donors (Lipinski definition) is 2. The van der Waals surface area contributed by atoms with Crippen molar-refractivity contribution in [3.63, 3.8) is 0 Å². The van der Waals surface area contributed by atoms with Crippen molar-refractivity contribution in [1.82, 2.24) is 10.2 Å². The fraction of sp³-hybridized carbons (Fsp3) is 0.857. The van der Waals surface area contributed by atoms with Gasteiger partial charge in [-0.2, -0.15) is 0 Å². The predicted octanol–water partition coefficient (Wildman–Crippen LogP) is 0.631. The summed E-state index contributed by atoms with van der Waals surface area (Å²) in [5.41, 5.74) is 5.93. The van der Waals surface area contributed by atoms with Gasteiger partial charge in [-0.3, -0.25) is 9.59 Å². The SMILES string of the molecule is CCCN(C(=O)C1CNC(=O)C1)C1CCC(N)CC1. The van der Waals surface area contributed by atoms with E-state index in [0.29, 0.717) is 25.0 Å². The molecule has 1 saturated carbocycles. The van der Waals surface area contributed by atoms with Crippen molar-refractivity contribution >= 4 is 11.8 Å². The van der Waals surface area contributed by atoms with E-state index in [2.05, 4.69) is 12.2 Å². The predicted molar refractivity (Wildman–Crippen MR) is 73.4 cm³/mol. The minimum atomic E-state index is -0.158. The molecule has 3 N–H and O–H groups in total. The van der Waals surface area contributed by atoms with Crippen LogP contribution in [0.15, 0.2) is 0 Å². The lowest BCUT2D eigenvalue weighted by atomic mass is 9.90. The largest absolute Gasteiger partial charge is 0.355 e. The second-order valence-corrected chi connectivity index (χ2v) is 5.81. The summed E-state index contributed by atoms with van der Waals surface area (Å²) in [6.07, 6.45) is 5.32. The lowest BCUT2D eigenvalue weighted by molar-refractivity contribution is -0.138. The Balaban J connectivity index is 1.98. The summed E-state index contributed by atoms with van der Waals surface area (Å²) in [6, 6.07) is 0.618. The van der Waals surface area contributed by atoms with Gasteiger partial charge in [0.1, 0.15) is 0 Å². The van der Waals surface area contributed by atoms with Crippen LogP contribution >= 0.6 is 0 Å². The number of nitrogens with two attached hydrogens (primary N) is 1. The third kappa shape index (κ3) is 3.47. The molecule has 0 aromatic rings. The van der Waals surface area contributed by atoms with Crippen LogP contribution in [0.4, 0.5) is 0 Å². The van der Waals surface area contributed by atoms with Crippen molar-refractivity contribution in [2.75, 3.05) is 13.1 Å². The van der Waals surface area contributed by atoms with Gasteiger partial charge in [0.05, 0.1) is 5.92 Å². The minimum Gasteiger partial charge on any atom is -0.355 e. The van der Waals surface area contributed by atoms with Gasteiger partial charge < -0.3 is 16.0 Å². The van der Waals surface area contributed by atoms with Gasteiger partial charge in [0.15, 0.2) is 0 Å². The molecule has 1 heterocycles. The van der Waals surface area contributed by atoms with E-state index < -0.39 is 0 Å². The fourth-order valence-corrected chi connectivity index (χ4v) is 3.14. The molecule has 1 unspecified atom stereocenters. The van der Waals surface area contributed by atoms with E-state index in [9.17, 15) is 9.59 Å². The van der Waals surface area contributed by atoms with E-state index in [4.69, 9.17) is 5.73 Å². The van der Waals surface area contributed by atoms with Gasteiger partial charge in [0.25, 0.3) is 0 Å². The molecule has 2 rings (SSSR count). The zero-order valence-corrected chi connectivity index (χ0v) is 11.7. The topological polar surface area (TPSA) is 75.4 Å². The van der Waals surface area contributed by atoms with E-state index in [-0.39, 0.29) is 17.7 Å². The fourth-order valence-electron chi connectivity index (χ4n) is 3.14. The van der Waals surface area contributed by atoms with Crippen LogP contribution < -0.4 is 11.1 Å². The Labute approximate surface area is 114 Å². The molecule has 108 valence electrons. The minimum absolute atomic E-state index is 0.000430. The van der Waals surface area contributed by atoms with Crippen LogP contribution in [0.5, 0.6) is 0 Å². The Hall–Kier alpha value is -1.10. The monoisotopic (exact) mass is 267 g/mol. The Bertz CT molecular complexity index is 338. The Morgan fingerprint density at radius 2 is 2.05 bits per heavy atom. The molecule has 0 bridgehead atoms. The van der Waals surface area contributed by atoms with Crippen molar-refractivity contribution in [2.24, 2.45) is 11.7 Å². The van der Waals surface area contributed by atoms with Crippen LogP contribution in [-0.2, 0) is 9.59 Å². The summed E-state index contributed by atoms with van der Waals surface area (Å²) < 4.78 is 0. The normalized spacial score (nSPS) is 31.1. The maximum Gasteiger partial charge on any atom is 0.228 e. The highest BCUT2D eigenvalue weighted by Crippen LogP contribution is 2.25. The summed E-state index contributed by atoms with van der Waals surface area (Å²) in [5, 5.41) is 2.75. The van der Waals surface area contributed by atoms with Crippen LogP contribution in [0.2, 0.25) is 0 Å². The molecule has 0 aromatic carbocycles. The summed E-state index contributed by atoms with van der Waals surface area (Å²) >= 11 is 0. The zero-order chi connectivity index (χ0) is 13.8. The van der Waals surface area contributed by atoms with Crippen LogP contribution in [0.3, 0.4) is 0 Å². The molecule has 0 aromatic heterocycles. The number of carbonyl (C=O) groups is 2. The number of nitrogens with one attached hydrogen (secondary N) is 1. The second-order valence-electron chi connectivity index (χ2n) is 5.81. The lowest BCUT2D eigenvalue weighted by Gasteiger charge is -2.37. The van der Waals surface area contributed by atoms with E-state index >= 15 is 0 Å². The molecule has 5 nitrogen and oxygen atoms in total. The van der Waals surface area contributed by atoms with E-state index in [0.717, 1.165) is 38.6 Å². The first-order valence-corrected chi connectivity index (χ1v) is 7.44. The molecule has 1 aliphatic carbocycles. The third-order valence-electron chi connectivity index (χ3n) is 4.26. The average molecular weight is 267 g/mol. The Morgan fingerprint density at radius 3 is 2.58 bits per heavy atom. The van der Waals surface area contributed by atoms with Crippen LogP contribution in [0, 0.1) is 5.92 Å². The molecule has 1 saturated heterocycles. The van der Waals surface area contributed by atoms with Crippen molar-refractivity contribution in [3.8, 4) is 0 Å². The second kappa shape index (κ2) is 6.37. The van der Waals surface area contributed by atoms with Crippen molar-refractivity contribution in [3.05, 3.63) is 0 Å². The molecule has 19 heavy (non-hydrogen) atoms. The van der Waals surface area contributed by atoms with Crippen LogP contribution in [-0.4, -0.2) is 41.9 Å². The van der Waals surface area contributed by atoms with Gasteiger partial charge in [0, 0.05) is 31.6 Å². The Kier molecular flexibility index (Phi) is 4.80. The first-order valence-electron chi connectivity index (χ1n) is 7.44. The van der Waals surface area contributed by atoms with Gasteiger partial charge in [-0.1, -0.05) is 6.92 Å². The van der Waals surface area contributed by atoms with Crippen LogP contribution in [0.25, 0.3) is 0 Å². The maximum atomic E-state index is 12.6. The number of rotatable bonds is 4. The standard InChI is InChI=1S/C14H25N3O2/c1-2-7-17(12-5-3-11(15)4-6-12)14(19)10-8-13(18)16-9-10/h10-12H,2-9,15H2,1H3,(H,16,18). The molecular formula is C14H25N3O2. The highest BCUT2D eigenvalue weighted by Gasteiger charge is 2.34. The van der Waals surface area contributed by atoms with Crippen molar-refractivity contribution in [2.45, 2.75) is 57.5 Å². The van der Waals surface area contributed by atoms with Gasteiger partial charge in [-0.25, -0.2) is 0 Å². The summed E-state index contributed by atoms with van der Waals surface area (Å²) in [6.45, 7) is 3.39. The van der Waals surface area contributed by atoms with E-state index in [1.165, 1.54) is 0 Å². The highest BCUT2D eigenvalue weighted by molar-refractivity contribution is 5.89. The van der Waals surface area contributed by atoms with Crippen molar-refractivity contribution in [1.29, 1.82) is 0 Å². The van der Waals surface area contributed by atoms with Gasteiger partial charge in [0.2, 0.25) is 11.8 Å². The molecule has 1 atom stereocenters. The summed E-state index contributed by atoms with van der Waals surface area (Å²) in [5.74, 6) is -0.00390. The molecule has 1 aliphatic heterocycles. The number of amides is 2. The first-order chi connectivity index (χ1) is 9.11. The first kappa shape index (κ1) is 14.3.